The average molecular weight is 343 g/mol. The maximum Gasteiger partial charge on any atom is 0.191 e. The lowest BCUT2D eigenvalue weighted by molar-refractivity contribution is 0.929. The van der Waals surface area contributed by atoms with E-state index in [9.17, 15) is 0 Å². The summed E-state index contributed by atoms with van der Waals surface area (Å²) in [5.74, 6) is 1.47. The van der Waals surface area contributed by atoms with Crippen LogP contribution in [0.15, 0.2) is 29.4 Å². The number of nitrogens with zero attached hydrogens (tertiary/aromatic N) is 2. The number of hydrogen-bond acceptors (Lipinski definition) is 5. The molecule has 7 heteroatoms. The van der Waals surface area contributed by atoms with Crippen LogP contribution in [0.3, 0.4) is 0 Å². The highest BCUT2D eigenvalue weighted by molar-refractivity contribution is 7.98. The Morgan fingerprint density at radius 1 is 1.14 bits per heavy atom. The van der Waals surface area contributed by atoms with Gasteiger partial charge in [-0.05, 0) is 30.9 Å². The SMILES string of the molecule is CCCNc1cc(Nc2cc(Cl)ccc2Cl)nc(SC)n1. The molecule has 0 bridgehead atoms. The van der Waals surface area contributed by atoms with Gasteiger partial charge in [-0.1, -0.05) is 41.9 Å². The molecule has 2 N–H and O–H groups in total. The summed E-state index contributed by atoms with van der Waals surface area (Å²) in [7, 11) is 0. The molecular weight excluding hydrogens is 327 g/mol. The second kappa shape index (κ2) is 7.73. The maximum atomic E-state index is 6.16. The zero-order chi connectivity index (χ0) is 15.2. The standard InChI is InChI=1S/C14H16Cl2N4S/c1-3-6-17-12-8-13(20-14(19-12)21-2)18-11-7-9(15)4-5-10(11)16/h4-5,7-8H,3,6H2,1-2H3,(H2,17,18,19,20). The third-order valence-corrected chi connectivity index (χ3v) is 3.75. The largest absolute Gasteiger partial charge is 0.370 e. The van der Waals surface area contributed by atoms with Gasteiger partial charge in [-0.15, -0.1) is 0 Å². The number of benzene rings is 1. The molecule has 0 radical (unpaired) electrons. The number of anilines is 3. The molecule has 1 aromatic heterocycles. The summed E-state index contributed by atoms with van der Waals surface area (Å²) in [5.41, 5.74) is 0.719. The topological polar surface area (TPSA) is 49.8 Å². The zero-order valence-corrected chi connectivity index (χ0v) is 14.1. The minimum Gasteiger partial charge on any atom is -0.370 e. The Kier molecular flexibility index (Phi) is 5.96. The fourth-order valence-electron chi connectivity index (χ4n) is 1.66. The van der Waals surface area contributed by atoms with Crippen LogP contribution in [0.5, 0.6) is 0 Å². The van der Waals surface area contributed by atoms with Crippen molar-refractivity contribution in [2.75, 3.05) is 23.4 Å². The van der Waals surface area contributed by atoms with Gasteiger partial charge >= 0.3 is 0 Å². The van der Waals surface area contributed by atoms with Gasteiger partial charge in [-0.25, -0.2) is 9.97 Å². The van der Waals surface area contributed by atoms with Crippen LogP contribution in [-0.4, -0.2) is 22.8 Å². The molecule has 0 atom stereocenters. The third kappa shape index (κ3) is 4.66. The van der Waals surface area contributed by atoms with Crippen molar-refractivity contribution in [3.63, 3.8) is 0 Å². The molecule has 0 amide bonds. The van der Waals surface area contributed by atoms with Gasteiger partial charge in [0.15, 0.2) is 5.16 Å². The predicted octanol–water partition coefficient (Wildman–Crippen LogP) is 5.07. The van der Waals surface area contributed by atoms with Gasteiger partial charge in [0.2, 0.25) is 0 Å². The van der Waals surface area contributed by atoms with Crippen LogP contribution in [-0.2, 0) is 0 Å². The summed E-state index contributed by atoms with van der Waals surface area (Å²) in [4.78, 5) is 8.84. The van der Waals surface area contributed by atoms with Crippen molar-refractivity contribution in [3.8, 4) is 0 Å². The van der Waals surface area contributed by atoms with Crippen LogP contribution in [0.1, 0.15) is 13.3 Å². The first kappa shape index (κ1) is 16.2. The lowest BCUT2D eigenvalue weighted by Crippen LogP contribution is -2.05. The molecule has 2 rings (SSSR count). The highest BCUT2D eigenvalue weighted by Crippen LogP contribution is 2.29. The first-order valence-electron chi connectivity index (χ1n) is 6.51. The molecule has 0 unspecified atom stereocenters. The van der Waals surface area contributed by atoms with E-state index in [-0.39, 0.29) is 0 Å². The van der Waals surface area contributed by atoms with E-state index in [0.717, 1.165) is 24.5 Å². The second-order valence-corrected chi connectivity index (χ2v) is 5.92. The van der Waals surface area contributed by atoms with Crippen molar-refractivity contribution >= 4 is 52.3 Å². The Balaban J connectivity index is 2.27. The molecule has 0 spiro atoms. The zero-order valence-electron chi connectivity index (χ0n) is 11.8. The van der Waals surface area contributed by atoms with Crippen molar-refractivity contribution in [2.45, 2.75) is 18.5 Å². The van der Waals surface area contributed by atoms with Gasteiger partial charge in [0.05, 0.1) is 10.7 Å². The van der Waals surface area contributed by atoms with Crippen LogP contribution in [0.2, 0.25) is 10.0 Å². The van der Waals surface area contributed by atoms with Gasteiger partial charge in [0.1, 0.15) is 11.6 Å². The number of nitrogens with one attached hydrogen (secondary N) is 2. The molecule has 112 valence electrons. The van der Waals surface area contributed by atoms with Gasteiger partial charge in [-0.2, -0.15) is 0 Å². The van der Waals surface area contributed by atoms with Crippen LogP contribution in [0, 0.1) is 0 Å². The van der Waals surface area contributed by atoms with Crippen molar-refractivity contribution < 1.29 is 0 Å². The number of rotatable bonds is 6. The van der Waals surface area contributed by atoms with Crippen molar-refractivity contribution in [3.05, 3.63) is 34.3 Å². The first-order valence-corrected chi connectivity index (χ1v) is 8.49. The first-order chi connectivity index (χ1) is 10.1. The minimum absolute atomic E-state index is 0.590. The molecule has 0 saturated carbocycles. The third-order valence-electron chi connectivity index (χ3n) is 2.64. The number of aromatic nitrogens is 2. The predicted molar refractivity (Wildman–Crippen MR) is 92.3 cm³/mol. The van der Waals surface area contributed by atoms with E-state index in [4.69, 9.17) is 23.2 Å². The fourth-order valence-corrected chi connectivity index (χ4v) is 2.37. The normalized spacial score (nSPS) is 10.5. The van der Waals surface area contributed by atoms with E-state index < -0.39 is 0 Å². The molecule has 1 heterocycles. The highest BCUT2D eigenvalue weighted by atomic mass is 35.5. The molecule has 0 aliphatic carbocycles. The molecule has 0 saturated heterocycles. The number of halogens is 2. The Morgan fingerprint density at radius 3 is 2.62 bits per heavy atom. The second-order valence-electron chi connectivity index (χ2n) is 4.30. The van der Waals surface area contributed by atoms with Crippen molar-refractivity contribution in [1.82, 2.24) is 9.97 Å². The Labute approximate surface area is 138 Å². The summed E-state index contributed by atoms with van der Waals surface area (Å²) in [6.07, 6.45) is 2.97. The van der Waals surface area contributed by atoms with Crippen molar-refractivity contribution in [1.29, 1.82) is 0 Å². The van der Waals surface area contributed by atoms with Gasteiger partial charge in [0.25, 0.3) is 0 Å². The summed E-state index contributed by atoms with van der Waals surface area (Å²) in [6.45, 7) is 2.97. The van der Waals surface area contributed by atoms with Gasteiger partial charge in [0, 0.05) is 17.6 Å². The van der Waals surface area contributed by atoms with E-state index in [2.05, 4.69) is 27.5 Å². The molecule has 4 nitrogen and oxygen atoms in total. The van der Waals surface area contributed by atoms with Crippen LogP contribution >= 0.6 is 35.0 Å². The molecular formula is C14H16Cl2N4S. The van der Waals surface area contributed by atoms with Crippen LogP contribution in [0.25, 0.3) is 0 Å². The van der Waals surface area contributed by atoms with E-state index >= 15 is 0 Å². The van der Waals surface area contributed by atoms with E-state index in [1.165, 1.54) is 11.8 Å². The molecule has 0 aliphatic heterocycles. The molecule has 2 aromatic rings. The smallest absolute Gasteiger partial charge is 0.191 e. The lowest BCUT2D eigenvalue weighted by atomic mass is 10.3. The summed E-state index contributed by atoms with van der Waals surface area (Å²) < 4.78 is 0. The monoisotopic (exact) mass is 342 g/mol. The van der Waals surface area contributed by atoms with E-state index in [0.29, 0.717) is 21.0 Å². The molecule has 0 aliphatic rings. The maximum absolute atomic E-state index is 6.16. The summed E-state index contributed by atoms with van der Waals surface area (Å²) in [6, 6.07) is 7.12. The molecule has 0 fully saturated rings. The van der Waals surface area contributed by atoms with E-state index in [1.807, 2.05) is 12.3 Å². The summed E-state index contributed by atoms with van der Waals surface area (Å²) >= 11 is 13.6. The fraction of sp³-hybridized carbons (Fsp3) is 0.286. The molecule has 1 aromatic carbocycles. The quantitative estimate of drug-likeness (QED) is 0.566. The van der Waals surface area contributed by atoms with Crippen LogP contribution < -0.4 is 10.6 Å². The Morgan fingerprint density at radius 2 is 1.90 bits per heavy atom. The van der Waals surface area contributed by atoms with Crippen LogP contribution in [0.4, 0.5) is 17.3 Å². The van der Waals surface area contributed by atoms with Crippen molar-refractivity contribution in [2.24, 2.45) is 0 Å². The number of thioether (sulfide) groups is 1. The average Bonchev–Trinajstić information content (AvgIpc) is 2.48. The summed E-state index contributed by atoms with van der Waals surface area (Å²) in [5, 5.41) is 8.34. The Hall–Kier alpha value is -1.17. The van der Waals surface area contributed by atoms with E-state index in [1.54, 1.807) is 18.2 Å². The molecule has 21 heavy (non-hydrogen) atoms. The van der Waals surface area contributed by atoms with Gasteiger partial charge in [-0.3, -0.25) is 0 Å². The van der Waals surface area contributed by atoms with Gasteiger partial charge < -0.3 is 10.6 Å². The Bertz CT molecular complexity index is 622. The number of hydrogen-bond donors (Lipinski definition) is 2. The highest BCUT2D eigenvalue weighted by Gasteiger charge is 2.07. The minimum atomic E-state index is 0.590. The lowest BCUT2D eigenvalue weighted by Gasteiger charge is -2.11.